The molecule has 0 radical (unpaired) electrons. The molecule has 18 heavy (non-hydrogen) atoms. The van der Waals surface area contributed by atoms with Gasteiger partial charge in [0.2, 0.25) is 0 Å². The Morgan fingerprint density at radius 1 is 1.00 bits per heavy atom. The molecule has 0 spiro atoms. The van der Waals surface area contributed by atoms with Gasteiger partial charge in [-0.1, -0.05) is 64.5 Å². The second-order valence-electron chi connectivity index (χ2n) is 3.96. The fraction of sp³-hybridized carbons (Fsp3) is 0.200. The zero-order valence-corrected chi connectivity index (χ0v) is 11.4. The average molecular weight is 309 g/mol. The van der Waals surface area contributed by atoms with E-state index < -0.39 is 0 Å². The van der Waals surface area contributed by atoms with Crippen molar-refractivity contribution in [2.24, 2.45) is 0 Å². The Hall–Kier alpha value is -1.19. The third kappa shape index (κ3) is 3.40. The van der Waals surface area contributed by atoms with Gasteiger partial charge < -0.3 is 4.74 Å². The van der Waals surface area contributed by atoms with E-state index in [1.54, 1.807) is 12.1 Å². The van der Waals surface area contributed by atoms with Crippen molar-refractivity contribution in [3.05, 3.63) is 71.5 Å². The molecule has 0 bridgehead atoms. The van der Waals surface area contributed by atoms with Crippen molar-refractivity contribution in [1.82, 2.24) is 0 Å². The molecule has 0 N–H and O–H groups in total. The highest BCUT2D eigenvalue weighted by Gasteiger charge is 2.14. The van der Waals surface area contributed by atoms with Crippen molar-refractivity contribution < 1.29 is 9.13 Å². The molecule has 2 aromatic carbocycles. The Morgan fingerprint density at radius 3 is 2.33 bits per heavy atom. The first-order chi connectivity index (χ1) is 8.81. The second-order valence-corrected chi connectivity index (χ2v) is 4.61. The molecule has 0 saturated carbocycles. The maximum atomic E-state index is 13.7. The molecule has 1 atom stereocenters. The van der Waals surface area contributed by atoms with Crippen LogP contribution in [0.25, 0.3) is 0 Å². The van der Waals surface area contributed by atoms with Crippen LogP contribution in [0.1, 0.15) is 17.2 Å². The summed E-state index contributed by atoms with van der Waals surface area (Å²) < 4.78 is 19.4. The van der Waals surface area contributed by atoms with Crippen LogP contribution in [-0.2, 0) is 11.3 Å². The molecular formula is C15H14BrFO. The summed E-state index contributed by atoms with van der Waals surface area (Å²) in [6.07, 6.45) is -0.272. The molecule has 0 fully saturated rings. The molecule has 2 aromatic rings. The zero-order valence-electron chi connectivity index (χ0n) is 9.85. The Balaban J connectivity index is 2.04. The minimum absolute atomic E-state index is 0.227. The first kappa shape index (κ1) is 13.2. The number of rotatable bonds is 5. The third-order valence-corrected chi connectivity index (χ3v) is 3.27. The molecule has 0 aliphatic heterocycles. The second kappa shape index (κ2) is 6.66. The van der Waals surface area contributed by atoms with Crippen LogP contribution in [0.5, 0.6) is 0 Å². The van der Waals surface area contributed by atoms with Gasteiger partial charge in [-0.05, 0) is 11.6 Å². The Kier molecular flexibility index (Phi) is 4.90. The highest BCUT2D eigenvalue weighted by atomic mass is 79.9. The van der Waals surface area contributed by atoms with Gasteiger partial charge in [-0.2, -0.15) is 0 Å². The molecule has 0 heterocycles. The van der Waals surface area contributed by atoms with E-state index in [2.05, 4.69) is 15.9 Å². The van der Waals surface area contributed by atoms with Crippen LogP contribution in [0, 0.1) is 5.82 Å². The highest BCUT2D eigenvalue weighted by Crippen LogP contribution is 2.23. The van der Waals surface area contributed by atoms with E-state index in [1.165, 1.54) is 6.07 Å². The van der Waals surface area contributed by atoms with Crippen LogP contribution in [0.3, 0.4) is 0 Å². The Labute approximate surface area is 115 Å². The first-order valence-corrected chi connectivity index (χ1v) is 6.89. The lowest BCUT2D eigenvalue weighted by molar-refractivity contribution is 0.0542. The van der Waals surface area contributed by atoms with Crippen LogP contribution in [0.4, 0.5) is 4.39 Å². The quantitative estimate of drug-likeness (QED) is 0.740. The summed E-state index contributed by atoms with van der Waals surface area (Å²) in [6, 6.07) is 16.6. The summed E-state index contributed by atoms with van der Waals surface area (Å²) in [5, 5.41) is 0.570. The molecule has 0 aliphatic rings. The number of ether oxygens (including phenoxy) is 1. The molecule has 1 unspecified atom stereocenters. The maximum absolute atomic E-state index is 13.7. The van der Waals surface area contributed by atoms with Crippen molar-refractivity contribution in [3.63, 3.8) is 0 Å². The summed E-state index contributed by atoms with van der Waals surface area (Å²) >= 11 is 3.37. The highest BCUT2D eigenvalue weighted by molar-refractivity contribution is 9.09. The van der Waals surface area contributed by atoms with Gasteiger partial charge in [0.1, 0.15) is 5.82 Å². The number of hydrogen-bond donors (Lipinski definition) is 0. The van der Waals surface area contributed by atoms with Crippen LogP contribution in [0.2, 0.25) is 0 Å². The Bertz CT molecular complexity index is 487. The number of benzene rings is 2. The van der Waals surface area contributed by atoms with Crippen molar-refractivity contribution >= 4 is 15.9 Å². The molecule has 0 amide bonds. The van der Waals surface area contributed by atoms with Crippen molar-refractivity contribution in [2.45, 2.75) is 12.7 Å². The molecular weight excluding hydrogens is 295 g/mol. The van der Waals surface area contributed by atoms with Gasteiger partial charge in [0.25, 0.3) is 0 Å². The SMILES string of the molecule is Fc1ccccc1C(CBr)OCc1ccccc1. The summed E-state index contributed by atoms with van der Waals surface area (Å²) in [7, 11) is 0. The lowest BCUT2D eigenvalue weighted by Gasteiger charge is -2.16. The topological polar surface area (TPSA) is 9.23 Å². The van der Waals surface area contributed by atoms with Gasteiger partial charge in [-0.15, -0.1) is 0 Å². The molecule has 1 nitrogen and oxygen atoms in total. The summed E-state index contributed by atoms with van der Waals surface area (Å²) in [5.74, 6) is -0.227. The summed E-state index contributed by atoms with van der Waals surface area (Å²) in [6.45, 7) is 0.478. The van der Waals surface area contributed by atoms with Gasteiger partial charge in [0, 0.05) is 10.9 Å². The summed E-state index contributed by atoms with van der Waals surface area (Å²) in [5.41, 5.74) is 1.67. The number of alkyl halides is 1. The molecule has 94 valence electrons. The number of halogens is 2. The smallest absolute Gasteiger partial charge is 0.129 e. The fourth-order valence-electron chi connectivity index (χ4n) is 1.72. The molecule has 2 rings (SSSR count). The largest absolute Gasteiger partial charge is 0.368 e. The Morgan fingerprint density at radius 2 is 1.67 bits per heavy atom. The lowest BCUT2D eigenvalue weighted by atomic mass is 10.1. The molecule has 0 aromatic heterocycles. The molecule has 0 aliphatic carbocycles. The van der Waals surface area contributed by atoms with Crippen molar-refractivity contribution in [1.29, 1.82) is 0 Å². The number of hydrogen-bond acceptors (Lipinski definition) is 1. The minimum atomic E-state index is -0.272. The van der Waals surface area contributed by atoms with E-state index in [0.29, 0.717) is 17.5 Å². The normalized spacial score (nSPS) is 12.3. The lowest BCUT2D eigenvalue weighted by Crippen LogP contribution is -2.08. The van der Waals surface area contributed by atoms with Crippen molar-refractivity contribution in [3.8, 4) is 0 Å². The monoisotopic (exact) mass is 308 g/mol. The standard InChI is InChI=1S/C15H14BrFO/c16-10-15(13-8-4-5-9-14(13)17)18-11-12-6-2-1-3-7-12/h1-9,15H,10-11H2. The van der Waals surface area contributed by atoms with Crippen LogP contribution >= 0.6 is 15.9 Å². The van der Waals surface area contributed by atoms with Gasteiger partial charge in [-0.3, -0.25) is 0 Å². The van der Waals surface area contributed by atoms with Crippen LogP contribution in [0.15, 0.2) is 54.6 Å². The van der Waals surface area contributed by atoms with Gasteiger partial charge in [-0.25, -0.2) is 4.39 Å². The predicted molar refractivity (Wildman–Crippen MR) is 74.2 cm³/mol. The van der Waals surface area contributed by atoms with Crippen LogP contribution < -0.4 is 0 Å². The first-order valence-electron chi connectivity index (χ1n) is 5.77. The maximum Gasteiger partial charge on any atom is 0.129 e. The van der Waals surface area contributed by atoms with Gasteiger partial charge >= 0.3 is 0 Å². The fourth-order valence-corrected chi connectivity index (χ4v) is 2.26. The van der Waals surface area contributed by atoms with Gasteiger partial charge in [0.15, 0.2) is 0 Å². The molecule has 0 saturated heterocycles. The van der Waals surface area contributed by atoms with Crippen LogP contribution in [-0.4, -0.2) is 5.33 Å². The van der Waals surface area contributed by atoms with E-state index in [1.807, 2.05) is 36.4 Å². The minimum Gasteiger partial charge on any atom is -0.368 e. The van der Waals surface area contributed by atoms with E-state index in [4.69, 9.17) is 4.74 Å². The zero-order chi connectivity index (χ0) is 12.8. The van der Waals surface area contributed by atoms with Crippen molar-refractivity contribution in [2.75, 3.05) is 5.33 Å². The third-order valence-electron chi connectivity index (χ3n) is 2.69. The predicted octanol–water partition coefficient (Wildman–Crippen LogP) is 4.48. The summed E-state index contributed by atoms with van der Waals surface area (Å²) in [4.78, 5) is 0. The van der Waals surface area contributed by atoms with E-state index >= 15 is 0 Å². The van der Waals surface area contributed by atoms with Gasteiger partial charge in [0.05, 0.1) is 12.7 Å². The van der Waals surface area contributed by atoms with E-state index in [0.717, 1.165) is 5.56 Å². The average Bonchev–Trinajstić information content (AvgIpc) is 2.42. The van der Waals surface area contributed by atoms with E-state index in [9.17, 15) is 4.39 Å². The molecule has 3 heteroatoms. The van der Waals surface area contributed by atoms with E-state index in [-0.39, 0.29) is 11.9 Å².